The monoisotopic (exact) mass is 430 g/mol. The fourth-order valence-corrected chi connectivity index (χ4v) is 2.39. The van der Waals surface area contributed by atoms with Gasteiger partial charge in [-0.2, -0.15) is 0 Å². The number of aliphatic carboxylic acids is 1. The van der Waals surface area contributed by atoms with Crippen LogP contribution in [0, 0.1) is 0 Å². The van der Waals surface area contributed by atoms with E-state index in [0.717, 1.165) is 32.3 Å². The number of carboxylic acids is 1. The van der Waals surface area contributed by atoms with E-state index in [4.69, 9.17) is 19.3 Å². The number of carbonyl (C=O) groups is 1. The molecule has 0 radical (unpaired) electrons. The first kappa shape index (κ1) is 22.1. The Bertz CT molecular complexity index is 239. The average Bonchev–Trinajstić information content (AvgIpc) is 2.50. The van der Waals surface area contributed by atoms with Crippen LogP contribution >= 0.6 is 22.6 Å². The highest BCUT2D eigenvalue weighted by Crippen LogP contribution is 2.02. The number of carboxylic acid groups (broad SMARTS) is 1. The summed E-state index contributed by atoms with van der Waals surface area (Å²) in [5.74, 6) is -0.725. The highest BCUT2D eigenvalue weighted by atomic mass is 127. The molecule has 6 heteroatoms. The first-order valence-corrected chi connectivity index (χ1v) is 9.81. The summed E-state index contributed by atoms with van der Waals surface area (Å²) in [5.41, 5.74) is 0. The van der Waals surface area contributed by atoms with Gasteiger partial charge in [-0.05, 0) is 30.1 Å². The summed E-state index contributed by atoms with van der Waals surface area (Å²) in [6.07, 6.45) is 7.80. The molecule has 0 atom stereocenters. The summed E-state index contributed by atoms with van der Waals surface area (Å²) in [7, 11) is 0. The second-order valence-corrected chi connectivity index (χ2v) is 6.22. The van der Waals surface area contributed by atoms with E-state index in [1.807, 2.05) is 0 Å². The lowest BCUT2D eigenvalue weighted by Gasteiger charge is -2.07. The molecule has 0 fully saturated rings. The molecule has 0 aliphatic rings. The molecule has 0 spiro atoms. The number of hydrogen-bond donors (Lipinski definition) is 1. The Morgan fingerprint density at radius 2 is 1.14 bits per heavy atom. The fourth-order valence-electron chi connectivity index (χ4n) is 1.85. The number of unbranched alkanes of at least 4 members (excludes halogenated alkanes) is 5. The molecule has 0 rings (SSSR count). The van der Waals surface area contributed by atoms with Crippen LogP contribution in [-0.2, 0) is 19.0 Å². The van der Waals surface area contributed by atoms with E-state index in [2.05, 4.69) is 22.6 Å². The van der Waals surface area contributed by atoms with Crippen LogP contribution in [0.1, 0.15) is 51.4 Å². The molecule has 0 saturated heterocycles. The zero-order chi connectivity index (χ0) is 16.3. The third kappa shape index (κ3) is 20.1. The predicted octanol–water partition coefficient (Wildman–Crippen LogP) is 3.68. The quantitative estimate of drug-likeness (QED) is 0.204. The van der Waals surface area contributed by atoms with Crippen molar-refractivity contribution in [3.8, 4) is 0 Å². The summed E-state index contributed by atoms with van der Waals surface area (Å²) in [4.78, 5) is 10.3. The Kier molecular flexibility index (Phi) is 19.2. The van der Waals surface area contributed by atoms with E-state index in [1.54, 1.807) is 0 Å². The van der Waals surface area contributed by atoms with Crippen molar-refractivity contribution in [3.63, 3.8) is 0 Å². The highest BCUT2D eigenvalue weighted by Gasteiger charge is 1.96. The maximum atomic E-state index is 10.3. The molecule has 0 aliphatic carbocycles. The van der Waals surface area contributed by atoms with Gasteiger partial charge in [-0.1, -0.05) is 41.9 Å². The molecule has 0 aliphatic heterocycles. The van der Waals surface area contributed by atoms with Gasteiger partial charge in [0.2, 0.25) is 0 Å². The lowest BCUT2D eigenvalue weighted by molar-refractivity contribution is -0.137. The Hall–Kier alpha value is 0.0800. The van der Waals surface area contributed by atoms with Gasteiger partial charge in [0.05, 0.1) is 26.4 Å². The van der Waals surface area contributed by atoms with Gasteiger partial charge in [0.1, 0.15) is 0 Å². The maximum absolute atomic E-state index is 10.3. The lowest BCUT2D eigenvalue weighted by atomic mass is 10.2. The SMILES string of the molecule is O=C(O)CCCCCOCCOCCOCCCCCCI. The molecular weight excluding hydrogens is 399 g/mol. The summed E-state index contributed by atoms with van der Waals surface area (Å²) in [6.45, 7) is 3.97. The second-order valence-electron chi connectivity index (χ2n) is 5.14. The Balaban J connectivity index is 2.95. The number of ether oxygens (including phenoxy) is 3. The summed E-state index contributed by atoms with van der Waals surface area (Å²) in [5, 5.41) is 8.48. The highest BCUT2D eigenvalue weighted by molar-refractivity contribution is 14.1. The van der Waals surface area contributed by atoms with Gasteiger partial charge in [-0.3, -0.25) is 4.79 Å². The third-order valence-corrected chi connectivity index (χ3v) is 3.86. The average molecular weight is 430 g/mol. The first-order valence-electron chi connectivity index (χ1n) is 8.28. The fraction of sp³-hybridized carbons (Fsp3) is 0.938. The van der Waals surface area contributed by atoms with Crippen LogP contribution in [0.4, 0.5) is 0 Å². The second kappa shape index (κ2) is 19.1. The summed E-state index contributed by atoms with van der Waals surface area (Å²) in [6, 6.07) is 0. The number of hydrogen-bond acceptors (Lipinski definition) is 4. The lowest BCUT2D eigenvalue weighted by Crippen LogP contribution is -2.10. The van der Waals surface area contributed by atoms with Gasteiger partial charge in [0.15, 0.2) is 0 Å². The molecule has 1 N–H and O–H groups in total. The number of alkyl halides is 1. The van der Waals surface area contributed by atoms with E-state index >= 15 is 0 Å². The van der Waals surface area contributed by atoms with Gasteiger partial charge in [0, 0.05) is 19.6 Å². The molecule has 0 aromatic heterocycles. The van der Waals surface area contributed by atoms with Gasteiger partial charge in [0.25, 0.3) is 0 Å². The van der Waals surface area contributed by atoms with Crippen LogP contribution in [0.15, 0.2) is 0 Å². The first-order chi connectivity index (χ1) is 10.8. The zero-order valence-electron chi connectivity index (χ0n) is 13.6. The number of halogens is 1. The molecule has 0 aromatic rings. The van der Waals surface area contributed by atoms with Crippen LogP contribution in [0.5, 0.6) is 0 Å². The van der Waals surface area contributed by atoms with Crippen LogP contribution in [-0.4, -0.2) is 55.1 Å². The molecule has 0 bridgehead atoms. The molecule has 0 aromatic carbocycles. The maximum Gasteiger partial charge on any atom is 0.303 e. The van der Waals surface area contributed by atoms with Crippen molar-refractivity contribution in [2.75, 3.05) is 44.1 Å². The molecule has 5 nitrogen and oxygen atoms in total. The standard InChI is InChI=1S/C16H31IO5/c17-9-5-1-2-6-10-20-12-14-22-15-13-21-11-7-3-4-8-16(18)19/h1-15H2,(H,18,19). The summed E-state index contributed by atoms with van der Waals surface area (Å²) < 4.78 is 17.6. The van der Waals surface area contributed by atoms with Crippen LogP contribution in [0.3, 0.4) is 0 Å². The summed E-state index contributed by atoms with van der Waals surface area (Å²) >= 11 is 2.41. The van der Waals surface area contributed by atoms with Crippen molar-refractivity contribution in [1.82, 2.24) is 0 Å². The Morgan fingerprint density at radius 3 is 1.64 bits per heavy atom. The predicted molar refractivity (Wildman–Crippen MR) is 95.9 cm³/mol. The van der Waals surface area contributed by atoms with Crippen molar-refractivity contribution >= 4 is 28.6 Å². The van der Waals surface area contributed by atoms with Crippen molar-refractivity contribution < 1.29 is 24.1 Å². The minimum absolute atomic E-state index is 0.251. The minimum Gasteiger partial charge on any atom is -0.481 e. The van der Waals surface area contributed by atoms with Crippen LogP contribution in [0.25, 0.3) is 0 Å². The van der Waals surface area contributed by atoms with E-state index in [1.165, 1.54) is 23.7 Å². The van der Waals surface area contributed by atoms with E-state index in [0.29, 0.717) is 33.0 Å². The van der Waals surface area contributed by atoms with E-state index in [-0.39, 0.29) is 6.42 Å². The largest absolute Gasteiger partial charge is 0.481 e. The van der Waals surface area contributed by atoms with Gasteiger partial charge in [-0.15, -0.1) is 0 Å². The van der Waals surface area contributed by atoms with Crippen molar-refractivity contribution in [2.24, 2.45) is 0 Å². The van der Waals surface area contributed by atoms with Crippen molar-refractivity contribution in [3.05, 3.63) is 0 Å². The van der Waals surface area contributed by atoms with E-state index in [9.17, 15) is 4.79 Å². The van der Waals surface area contributed by atoms with Crippen LogP contribution < -0.4 is 0 Å². The van der Waals surface area contributed by atoms with Gasteiger partial charge >= 0.3 is 5.97 Å². The third-order valence-electron chi connectivity index (χ3n) is 3.10. The Morgan fingerprint density at radius 1 is 0.682 bits per heavy atom. The molecular formula is C16H31IO5. The van der Waals surface area contributed by atoms with Gasteiger partial charge < -0.3 is 19.3 Å². The van der Waals surface area contributed by atoms with Crippen molar-refractivity contribution in [2.45, 2.75) is 51.4 Å². The minimum atomic E-state index is -0.725. The smallest absolute Gasteiger partial charge is 0.303 e. The Labute approximate surface area is 148 Å². The molecule has 22 heavy (non-hydrogen) atoms. The molecule has 0 amide bonds. The van der Waals surface area contributed by atoms with E-state index < -0.39 is 5.97 Å². The molecule has 132 valence electrons. The number of rotatable bonds is 18. The molecule has 0 saturated carbocycles. The zero-order valence-corrected chi connectivity index (χ0v) is 15.7. The van der Waals surface area contributed by atoms with Gasteiger partial charge in [-0.25, -0.2) is 0 Å². The molecule has 0 heterocycles. The normalized spacial score (nSPS) is 11.0. The molecule has 0 unspecified atom stereocenters. The van der Waals surface area contributed by atoms with Crippen molar-refractivity contribution in [1.29, 1.82) is 0 Å². The van der Waals surface area contributed by atoms with Crippen LogP contribution in [0.2, 0.25) is 0 Å². The topological polar surface area (TPSA) is 65.0 Å².